The Morgan fingerprint density at radius 3 is 2.86 bits per heavy atom. The normalized spacial score (nSPS) is 10.8. The van der Waals surface area contributed by atoms with Crippen molar-refractivity contribution in [1.29, 1.82) is 0 Å². The molecule has 2 aromatic carbocycles. The number of phenolic OH excluding ortho intramolecular Hbond substituents is 1. The smallest absolute Gasteiger partial charge is 0.224 e. The van der Waals surface area contributed by atoms with Gasteiger partial charge in [-0.05, 0) is 36.8 Å². The number of nitrogens with zero attached hydrogens (tertiary/aromatic N) is 1. The lowest BCUT2D eigenvalue weighted by atomic mass is 10.2. The molecule has 22 heavy (non-hydrogen) atoms. The third-order valence-corrected chi connectivity index (χ3v) is 3.45. The lowest BCUT2D eigenvalue weighted by molar-refractivity contribution is -0.116. The summed E-state index contributed by atoms with van der Waals surface area (Å²) < 4.78 is 0. The Bertz CT molecular complexity index is 791. The number of anilines is 1. The van der Waals surface area contributed by atoms with Crippen LogP contribution in [-0.2, 0) is 11.2 Å². The summed E-state index contributed by atoms with van der Waals surface area (Å²) >= 11 is 0. The number of hydrogen-bond acceptors (Lipinski definition) is 3. The van der Waals surface area contributed by atoms with Crippen molar-refractivity contribution < 1.29 is 9.90 Å². The van der Waals surface area contributed by atoms with Crippen LogP contribution in [0.1, 0.15) is 17.8 Å². The summed E-state index contributed by atoms with van der Waals surface area (Å²) in [6, 6.07) is 12.9. The van der Waals surface area contributed by atoms with Crippen LogP contribution in [0, 0.1) is 6.92 Å². The minimum Gasteiger partial charge on any atom is -0.506 e. The van der Waals surface area contributed by atoms with Gasteiger partial charge in [0.1, 0.15) is 11.6 Å². The number of aromatic nitrogens is 2. The molecule has 0 aliphatic rings. The topological polar surface area (TPSA) is 78.0 Å². The van der Waals surface area contributed by atoms with E-state index in [0.29, 0.717) is 18.5 Å². The highest BCUT2D eigenvalue weighted by atomic mass is 16.3. The number of aromatic hydroxyl groups is 1. The molecule has 0 aliphatic heterocycles. The summed E-state index contributed by atoms with van der Waals surface area (Å²) in [7, 11) is 0. The fourth-order valence-corrected chi connectivity index (χ4v) is 2.32. The van der Waals surface area contributed by atoms with E-state index in [1.54, 1.807) is 12.1 Å². The number of H-pyrrole nitrogens is 1. The molecule has 1 amide bonds. The largest absolute Gasteiger partial charge is 0.506 e. The Kier molecular flexibility index (Phi) is 3.78. The third kappa shape index (κ3) is 3.09. The zero-order chi connectivity index (χ0) is 15.5. The van der Waals surface area contributed by atoms with Gasteiger partial charge in [-0.15, -0.1) is 0 Å². The van der Waals surface area contributed by atoms with Crippen LogP contribution in [0.3, 0.4) is 0 Å². The van der Waals surface area contributed by atoms with Crippen LogP contribution in [0.4, 0.5) is 5.69 Å². The summed E-state index contributed by atoms with van der Waals surface area (Å²) in [4.78, 5) is 19.6. The van der Waals surface area contributed by atoms with Crippen LogP contribution in [0.2, 0.25) is 0 Å². The third-order valence-electron chi connectivity index (χ3n) is 3.45. The second-order valence-electron chi connectivity index (χ2n) is 5.27. The van der Waals surface area contributed by atoms with Crippen LogP contribution < -0.4 is 5.32 Å². The van der Waals surface area contributed by atoms with Gasteiger partial charge < -0.3 is 15.4 Å². The van der Waals surface area contributed by atoms with Gasteiger partial charge >= 0.3 is 0 Å². The van der Waals surface area contributed by atoms with Gasteiger partial charge in [0.15, 0.2) is 0 Å². The number of carbonyl (C=O) groups is 1. The number of phenols is 1. The van der Waals surface area contributed by atoms with Crippen molar-refractivity contribution in [3.05, 3.63) is 53.9 Å². The Balaban J connectivity index is 1.62. The van der Waals surface area contributed by atoms with Crippen molar-refractivity contribution in [3.8, 4) is 5.75 Å². The van der Waals surface area contributed by atoms with Crippen LogP contribution in [0.15, 0.2) is 42.5 Å². The molecule has 3 N–H and O–H groups in total. The fourth-order valence-electron chi connectivity index (χ4n) is 2.32. The SMILES string of the molecule is Cc1ccc(NC(=O)CCc2nc3ccccc3[nH]2)c(O)c1. The first-order chi connectivity index (χ1) is 10.6. The average Bonchev–Trinajstić information content (AvgIpc) is 2.91. The van der Waals surface area contributed by atoms with E-state index in [2.05, 4.69) is 15.3 Å². The molecule has 112 valence electrons. The molecular weight excluding hydrogens is 278 g/mol. The summed E-state index contributed by atoms with van der Waals surface area (Å²) in [5.41, 5.74) is 3.24. The zero-order valence-electron chi connectivity index (χ0n) is 12.3. The molecule has 0 radical (unpaired) electrons. The molecule has 3 rings (SSSR count). The lowest BCUT2D eigenvalue weighted by Crippen LogP contribution is -2.12. The van der Waals surface area contributed by atoms with Gasteiger partial charge in [0.05, 0.1) is 16.7 Å². The molecule has 0 atom stereocenters. The van der Waals surface area contributed by atoms with E-state index < -0.39 is 0 Å². The first-order valence-electron chi connectivity index (χ1n) is 7.15. The van der Waals surface area contributed by atoms with E-state index >= 15 is 0 Å². The van der Waals surface area contributed by atoms with Crippen LogP contribution in [-0.4, -0.2) is 21.0 Å². The molecular formula is C17H17N3O2. The molecule has 0 saturated carbocycles. The number of rotatable bonds is 4. The maximum Gasteiger partial charge on any atom is 0.224 e. The van der Waals surface area contributed by atoms with Gasteiger partial charge in [-0.1, -0.05) is 18.2 Å². The Hall–Kier alpha value is -2.82. The standard InChI is InChI=1S/C17H17N3O2/c1-11-6-7-14(15(21)10-11)20-17(22)9-8-16-18-12-4-2-3-5-13(12)19-16/h2-7,10,21H,8-9H2,1H3,(H,18,19)(H,20,22). The van der Waals surface area contributed by atoms with E-state index in [0.717, 1.165) is 22.4 Å². The number of para-hydroxylation sites is 2. The number of nitrogens with one attached hydrogen (secondary N) is 2. The monoisotopic (exact) mass is 295 g/mol. The minimum absolute atomic E-state index is 0.0806. The van der Waals surface area contributed by atoms with Crippen molar-refractivity contribution in [2.24, 2.45) is 0 Å². The highest BCUT2D eigenvalue weighted by Crippen LogP contribution is 2.24. The Morgan fingerprint density at radius 2 is 2.09 bits per heavy atom. The molecule has 0 fully saturated rings. The van der Waals surface area contributed by atoms with Gasteiger partial charge in [-0.3, -0.25) is 4.79 Å². The van der Waals surface area contributed by atoms with Crippen LogP contribution >= 0.6 is 0 Å². The maximum atomic E-state index is 12.0. The van der Waals surface area contributed by atoms with Crippen LogP contribution in [0.25, 0.3) is 11.0 Å². The predicted octanol–water partition coefficient (Wildman–Crippen LogP) is 3.15. The fraction of sp³-hybridized carbons (Fsp3) is 0.176. The quantitative estimate of drug-likeness (QED) is 0.647. The van der Waals surface area contributed by atoms with Gasteiger partial charge in [-0.25, -0.2) is 4.98 Å². The predicted molar refractivity (Wildman–Crippen MR) is 85.9 cm³/mol. The minimum atomic E-state index is -0.153. The molecule has 0 unspecified atom stereocenters. The van der Waals surface area contributed by atoms with Gasteiger partial charge in [0.2, 0.25) is 5.91 Å². The second-order valence-corrected chi connectivity index (χ2v) is 5.27. The summed E-state index contributed by atoms with van der Waals surface area (Å²) in [6.45, 7) is 1.88. The molecule has 0 bridgehead atoms. The van der Waals surface area contributed by atoms with E-state index in [4.69, 9.17) is 0 Å². The summed E-state index contributed by atoms with van der Waals surface area (Å²) in [5.74, 6) is 0.709. The summed E-state index contributed by atoms with van der Waals surface area (Å²) in [6.07, 6.45) is 0.820. The molecule has 1 heterocycles. The number of hydrogen-bond donors (Lipinski definition) is 3. The Labute approximate surface area is 128 Å². The molecule has 5 heteroatoms. The van der Waals surface area contributed by atoms with Crippen molar-refractivity contribution in [1.82, 2.24) is 9.97 Å². The van der Waals surface area contributed by atoms with E-state index in [1.165, 1.54) is 0 Å². The van der Waals surface area contributed by atoms with Crippen molar-refractivity contribution >= 4 is 22.6 Å². The molecule has 0 aliphatic carbocycles. The first kappa shape index (κ1) is 14.1. The summed E-state index contributed by atoms with van der Waals surface area (Å²) in [5, 5.41) is 12.5. The number of benzene rings is 2. The molecule has 1 aromatic heterocycles. The average molecular weight is 295 g/mol. The molecule has 0 spiro atoms. The van der Waals surface area contributed by atoms with Gasteiger partial charge in [-0.2, -0.15) is 0 Å². The highest BCUT2D eigenvalue weighted by molar-refractivity contribution is 5.92. The maximum absolute atomic E-state index is 12.0. The van der Waals surface area contributed by atoms with Gasteiger partial charge in [0, 0.05) is 12.8 Å². The molecule has 3 aromatic rings. The van der Waals surface area contributed by atoms with E-state index in [9.17, 15) is 9.90 Å². The Morgan fingerprint density at radius 1 is 1.27 bits per heavy atom. The van der Waals surface area contributed by atoms with Crippen molar-refractivity contribution in [3.63, 3.8) is 0 Å². The van der Waals surface area contributed by atoms with Crippen molar-refractivity contribution in [2.75, 3.05) is 5.32 Å². The van der Waals surface area contributed by atoms with Gasteiger partial charge in [0.25, 0.3) is 0 Å². The zero-order valence-corrected chi connectivity index (χ0v) is 12.3. The van der Waals surface area contributed by atoms with E-state index in [-0.39, 0.29) is 11.7 Å². The van der Waals surface area contributed by atoms with E-state index in [1.807, 2.05) is 37.3 Å². The van der Waals surface area contributed by atoms with Crippen LogP contribution in [0.5, 0.6) is 5.75 Å². The second kappa shape index (κ2) is 5.89. The lowest BCUT2D eigenvalue weighted by Gasteiger charge is -2.07. The molecule has 0 saturated heterocycles. The first-order valence-corrected chi connectivity index (χ1v) is 7.15. The van der Waals surface area contributed by atoms with Crippen molar-refractivity contribution in [2.45, 2.75) is 19.8 Å². The number of fused-ring (bicyclic) bond motifs is 1. The molecule has 5 nitrogen and oxygen atoms in total. The number of aryl methyl sites for hydroxylation is 2. The number of carbonyl (C=O) groups excluding carboxylic acids is 1. The highest BCUT2D eigenvalue weighted by Gasteiger charge is 2.09. The number of aromatic amines is 1. The number of imidazole rings is 1. The number of amides is 1.